The largest absolute Gasteiger partial charge is 0.419 e. The fraction of sp³-hybridized carbons (Fsp3) is 0.464. The number of nitrogens with one attached hydrogen (secondary N) is 2. The summed E-state index contributed by atoms with van der Waals surface area (Å²) in [7, 11) is 2.04. The summed E-state index contributed by atoms with van der Waals surface area (Å²) in [4.78, 5) is 27.3. The Balaban J connectivity index is 1.25. The van der Waals surface area contributed by atoms with Gasteiger partial charge in [-0.15, -0.1) is 0 Å². The van der Waals surface area contributed by atoms with Gasteiger partial charge in [-0.1, -0.05) is 30.3 Å². The minimum atomic E-state index is -0.651. The number of benzene rings is 2. The van der Waals surface area contributed by atoms with Crippen LogP contribution in [-0.4, -0.2) is 80.1 Å². The molecule has 38 heavy (non-hydrogen) atoms. The summed E-state index contributed by atoms with van der Waals surface area (Å²) in [6.45, 7) is 4.50. The van der Waals surface area contributed by atoms with Crippen LogP contribution in [0.3, 0.4) is 0 Å². The summed E-state index contributed by atoms with van der Waals surface area (Å²) in [5.74, 6) is -0.630. The van der Waals surface area contributed by atoms with Crippen LogP contribution in [0.1, 0.15) is 12.0 Å². The van der Waals surface area contributed by atoms with Crippen molar-refractivity contribution in [3.05, 3.63) is 58.6 Å². The fourth-order valence-corrected chi connectivity index (χ4v) is 4.72. The number of oxazole rings is 1. The number of nitrogens with zero attached hydrogens (tertiary/aromatic N) is 3. The first kappa shape index (κ1) is 26.1. The SMILES string of the molecule is CN(CCn1c(=O)oc2ccc(-c3ccc(C[C@@H](C#N)NC(=O)[C@@H]4CNCCCO4)cc3)cc21)C1COC1. The zero-order chi connectivity index (χ0) is 26.5. The molecule has 0 saturated carbocycles. The molecule has 0 spiro atoms. The van der Waals surface area contributed by atoms with E-state index in [4.69, 9.17) is 13.9 Å². The van der Waals surface area contributed by atoms with Crippen molar-refractivity contribution in [2.45, 2.75) is 37.6 Å². The quantitative estimate of drug-likeness (QED) is 0.437. The van der Waals surface area contributed by atoms with E-state index in [1.54, 1.807) is 4.57 Å². The molecule has 10 nitrogen and oxygen atoms in total. The number of ether oxygens (including phenoxy) is 2. The molecule has 0 unspecified atom stereocenters. The van der Waals surface area contributed by atoms with E-state index in [1.807, 2.05) is 49.5 Å². The van der Waals surface area contributed by atoms with Crippen molar-refractivity contribution in [2.75, 3.05) is 46.5 Å². The van der Waals surface area contributed by atoms with E-state index in [2.05, 4.69) is 21.6 Å². The van der Waals surface area contributed by atoms with Crippen LogP contribution in [-0.2, 0) is 27.2 Å². The Bertz CT molecular complexity index is 1350. The van der Waals surface area contributed by atoms with Crippen LogP contribution in [0.5, 0.6) is 0 Å². The van der Waals surface area contributed by atoms with Crippen molar-refractivity contribution in [2.24, 2.45) is 0 Å². The van der Waals surface area contributed by atoms with E-state index in [9.17, 15) is 14.9 Å². The molecule has 0 radical (unpaired) electrons. The number of hydrogen-bond donors (Lipinski definition) is 2. The standard InChI is InChI=1S/C28H33N5O5/c1-32(23-17-36-18-23)10-11-33-24-14-21(7-8-25(24)38-28(33)35)20-5-3-19(4-6-20)13-22(15-29)31-27(34)26-16-30-9-2-12-37-26/h3-8,14,22-23,26,30H,2,9-13,16-18H2,1H3,(H,31,34)/t22-,26-/m0/s1. The Morgan fingerprint density at radius 2 is 2.03 bits per heavy atom. The van der Waals surface area contributed by atoms with E-state index >= 15 is 0 Å². The number of hydrogen-bond acceptors (Lipinski definition) is 8. The van der Waals surface area contributed by atoms with Gasteiger partial charge in [0.1, 0.15) is 12.1 Å². The molecule has 2 aliphatic rings. The van der Waals surface area contributed by atoms with E-state index in [-0.39, 0.29) is 11.7 Å². The third kappa shape index (κ3) is 5.97. The maximum atomic E-state index is 12.6. The summed E-state index contributed by atoms with van der Waals surface area (Å²) >= 11 is 0. The fourth-order valence-electron chi connectivity index (χ4n) is 4.72. The van der Waals surface area contributed by atoms with Crippen LogP contribution in [0, 0.1) is 11.3 Å². The van der Waals surface area contributed by atoms with Gasteiger partial charge < -0.3 is 24.5 Å². The number of fused-ring (bicyclic) bond motifs is 1. The van der Waals surface area contributed by atoms with Gasteiger partial charge in [0.2, 0.25) is 0 Å². The van der Waals surface area contributed by atoms with Crippen LogP contribution < -0.4 is 16.4 Å². The summed E-state index contributed by atoms with van der Waals surface area (Å²) < 4.78 is 18.0. The van der Waals surface area contributed by atoms with Crippen molar-refractivity contribution in [3.63, 3.8) is 0 Å². The van der Waals surface area contributed by atoms with Gasteiger partial charge in [-0.3, -0.25) is 14.3 Å². The minimum absolute atomic E-state index is 0.269. The predicted molar refractivity (Wildman–Crippen MR) is 142 cm³/mol. The molecule has 2 aromatic carbocycles. The lowest BCUT2D eigenvalue weighted by Gasteiger charge is -2.34. The molecular formula is C28H33N5O5. The van der Waals surface area contributed by atoms with Crippen LogP contribution >= 0.6 is 0 Å². The first-order valence-corrected chi connectivity index (χ1v) is 13.0. The van der Waals surface area contributed by atoms with Gasteiger partial charge in [0.05, 0.1) is 30.8 Å². The van der Waals surface area contributed by atoms with Crippen LogP contribution in [0.4, 0.5) is 0 Å². The smallest absolute Gasteiger partial charge is 0.408 e. The van der Waals surface area contributed by atoms with E-state index in [0.29, 0.717) is 37.7 Å². The monoisotopic (exact) mass is 519 g/mol. The highest BCUT2D eigenvalue weighted by Crippen LogP contribution is 2.25. The van der Waals surface area contributed by atoms with Crippen molar-refractivity contribution in [3.8, 4) is 17.2 Å². The van der Waals surface area contributed by atoms with Gasteiger partial charge in [0, 0.05) is 32.7 Å². The molecule has 1 aromatic heterocycles. The summed E-state index contributed by atoms with van der Waals surface area (Å²) in [5.41, 5.74) is 4.20. The average Bonchev–Trinajstić information content (AvgIpc) is 3.04. The first-order chi connectivity index (χ1) is 18.5. The molecule has 2 aliphatic heterocycles. The van der Waals surface area contributed by atoms with Gasteiger partial charge in [-0.2, -0.15) is 5.26 Å². The molecule has 5 rings (SSSR count). The number of amides is 1. The third-order valence-corrected chi connectivity index (χ3v) is 7.23. The van der Waals surface area contributed by atoms with E-state index in [0.717, 1.165) is 54.9 Å². The molecule has 3 aromatic rings. The highest BCUT2D eigenvalue weighted by atomic mass is 16.5. The molecule has 10 heteroatoms. The Kier molecular flexibility index (Phi) is 8.20. The number of carbonyl (C=O) groups excluding carboxylic acids is 1. The molecular weight excluding hydrogens is 486 g/mol. The van der Waals surface area contributed by atoms with Gasteiger partial charge in [-0.05, 0) is 48.8 Å². The average molecular weight is 520 g/mol. The van der Waals surface area contributed by atoms with Gasteiger partial charge >= 0.3 is 5.76 Å². The predicted octanol–water partition coefficient (Wildman–Crippen LogP) is 1.52. The maximum absolute atomic E-state index is 12.6. The van der Waals surface area contributed by atoms with Crippen LogP contribution in [0.2, 0.25) is 0 Å². The van der Waals surface area contributed by atoms with Crippen molar-refractivity contribution >= 4 is 17.0 Å². The number of likely N-dealkylation sites (N-methyl/N-ethyl adjacent to an activating group) is 1. The molecule has 0 bridgehead atoms. The third-order valence-electron chi connectivity index (χ3n) is 7.23. The van der Waals surface area contributed by atoms with Crippen molar-refractivity contribution in [1.29, 1.82) is 5.26 Å². The topological polar surface area (TPSA) is 122 Å². The lowest BCUT2D eigenvalue weighted by molar-refractivity contribution is -0.132. The summed E-state index contributed by atoms with van der Waals surface area (Å²) in [5, 5.41) is 15.6. The number of rotatable bonds is 9. The molecule has 200 valence electrons. The Hall–Kier alpha value is -3.49. The second-order valence-corrected chi connectivity index (χ2v) is 9.88. The zero-order valence-corrected chi connectivity index (χ0v) is 21.5. The summed E-state index contributed by atoms with van der Waals surface area (Å²) in [6, 6.07) is 15.5. The van der Waals surface area contributed by atoms with Gasteiger partial charge in [0.15, 0.2) is 5.58 Å². The summed E-state index contributed by atoms with van der Waals surface area (Å²) in [6.07, 6.45) is 0.665. The minimum Gasteiger partial charge on any atom is -0.408 e. The lowest BCUT2D eigenvalue weighted by atomic mass is 10.0. The molecule has 1 amide bonds. The number of nitriles is 1. The second kappa shape index (κ2) is 11.9. The Labute approximate surface area is 221 Å². The Morgan fingerprint density at radius 3 is 2.76 bits per heavy atom. The van der Waals surface area contributed by atoms with Crippen LogP contribution in [0.15, 0.2) is 51.7 Å². The van der Waals surface area contributed by atoms with Crippen molar-refractivity contribution in [1.82, 2.24) is 20.1 Å². The second-order valence-electron chi connectivity index (χ2n) is 9.88. The van der Waals surface area contributed by atoms with Crippen LogP contribution in [0.25, 0.3) is 22.2 Å². The Morgan fingerprint density at radius 1 is 1.24 bits per heavy atom. The number of aromatic nitrogens is 1. The molecule has 2 atom stereocenters. The molecule has 2 fully saturated rings. The number of carbonyl (C=O) groups is 1. The highest BCUT2D eigenvalue weighted by Gasteiger charge is 2.24. The highest BCUT2D eigenvalue weighted by molar-refractivity contribution is 5.82. The normalized spacial score (nSPS) is 19.0. The molecule has 2 saturated heterocycles. The molecule has 2 N–H and O–H groups in total. The maximum Gasteiger partial charge on any atom is 0.419 e. The van der Waals surface area contributed by atoms with E-state index in [1.165, 1.54) is 0 Å². The van der Waals surface area contributed by atoms with Gasteiger partial charge in [-0.25, -0.2) is 4.79 Å². The first-order valence-electron chi connectivity index (χ1n) is 13.0. The van der Waals surface area contributed by atoms with E-state index < -0.39 is 12.1 Å². The molecule has 3 heterocycles. The van der Waals surface area contributed by atoms with Crippen molar-refractivity contribution < 1.29 is 18.7 Å². The molecule has 0 aliphatic carbocycles. The zero-order valence-electron chi connectivity index (χ0n) is 21.5. The lowest BCUT2D eigenvalue weighted by Crippen LogP contribution is -2.48. The van der Waals surface area contributed by atoms with Gasteiger partial charge in [0.25, 0.3) is 5.91 Å².